The largest absolute Gasteiger partial charge is 0.491 e. The van der Waals surface area contributed by atoms with Gasteiger partial charge in [0.15, 0.2) is 0 Å². The van der Waals surface area contributed by atoms with Gasteiger partial charge in [-0.3, -0.25) is 0 Å². The molecule has 0 aliphatic carbocycles. The van der Waals surface area contributed by atoms with Gasteiger partial charge in [0.25, 0.3) is 0 Å². The van der Waals surface area contributed by atoms with Crippen LogP contribution < -0.4 is 15.2 Å². The predicted octanol–water partition coefficient (Wildman–Crippen LogP) is 1.49. The smallest absolute Gasteiger partial charge is 0.127 e. The Kier molecular flexibility index (Phi) is 3.64. The van der Waals surface area contributed by atoms with Crippen LogP contribution in [0.25, 0.3) is 0 Å². The number of hydrogen-bond donors (Lipinski definition) is 1. The molecule has 0 bridgehead atoms. The van der Waals surface area contributed by atoms with E-state index in [1.807, 2.05) is 25.1 Å². The van der Waals surface area contributed by atoms with E-state index in [4.69, 9.17) is 19.9 Å². The van der Waals surface area contributed by atoms with Crippen LogP contribution in [0.5, 0.6) is 11.5 Å². The molecule has 1 aromatic rings. The Morgan fingerprint density at radius 2 is 2.31 bits per heavy atom. The molecule has 4 nitrogen and oxygen atoms in total. The van der Waals surface area contributed by atoms with Gasteiger partial charge < -0.3 is 19.9 Å². The molecule has 0 fully saturated rings. The number of rotatable bonds is 5. The highest BCUT2D eigenvalue weighted by molar-refractivity contribution is 5.44. The zero-order chi connectivity index (χ0) is 11.4. The van der Waals surface area contributed by atoms with E-state index >= 15 is 0 Å². The quantitative estimate of drug-likeness (QED) is 0.768. The zero-order valence-electron chi connectivity index (χ0n) is 9.44. The van der Waals surface area contributed by atoms with Crippen molar-refractivity contribution < 1.29 is 14.2 Å². The molecule has 4 heteroatoms. The Morgan fingerprint density at radius 1 is 1.44 bits per heavy atom. The molecule has 2 rings (SSSR count). The first-order valence-electron chi connectivity index (χ1n) is 5.54. The summed E-state index contributed by atoms with van der Waals surface area (Å²) in [6.07, 6.45) is 0. The highest BCUT2D eigenvalue weighted by Gasteiger charge is 2.20. The van der Waals surface area contributed by atoms with Crippen molar-refractivity contribution in [3.05, 3.63) is 23.8 Å². The Labute approximate surface area is 95.3 Å². The van der Waals surface area contributed by atoms with Gasteiger partial charge in [-0.05, 0) is 19.1 Å². The van der Waals surface area contributed by atoms with Gasteiger partial charge in [-0.1, -0.05) is 0 Å². The van der Waals surface area contributed by atoms with Gasteiger partial charge >= 0.3 is 0 Å². The second-order valence-electron chi connectivity index (χ2n) is 3.66. The fourth-order valence-electron chi connectivity index (χ4n) is 1.67. The third-order valence-electron chi connectivity index (χ3n) is 2.50. The van der Waals surface area contributed by atoms with Crippen LogP contribution in [0.15, 0.2) is 18.2 Å². The van der Waals surface area contributed by atoms with E-state index < -0.39 is 0 Å². The minimum Gasteiger partial charge on any atom is -0.491 e. The maximum atomic E-state index is 5.85. The fraction of sp³-hybridized carbons (Fsp3) is 0.500. The first kappa shape index (κ1) is 11.2. The van der Waals surface area contributed by atoms with E-state index in [2.05, 4.69) is 0 Å². The fourth-order valence-corrected chi connectivity index (χ4v) is 1.67. The van der Waals surface area contributed by atoms with Crippen LogP contribution in [-0.4, -0.2) is 26.4 Å². The number of hydrogen-bond acceptors (Lipinski definition) is 4. The standard InChI is InChI=1S/C12H17NO3/c1-2-14-5-6-15-9-3-4-10-11(13)8-16-12(10)7-9/h3-4,7,11H,2,5-6,8,13H2,1H3. The first-order valence-corrected chi connectivity index (χ1v) is 5.54. The zero-order valence-corrected chi connectivity index (χ0v) is 9.44. The Bertz CT molecular complexity index is 354. The van der Waals surface area contributed by atoms with Crippen molar-refractivity contribution in [2.75, 3.05) is 26.4 Å². The van der Waals surface area contributed by atoms with Gasteiger partial charge in [0, 0.05) is 18.2 Å². The summed E-state index contributed by atoms with van der Waals surface area (Å²) in [6, 6.07) is 5.75. The molecule has 0 saturated heterocycles. The molecule has 1 aliphatic rings. The molecule has 1 aromatic carbocycles. The molecule has 0 aromatic heterocycles. The van der Waals surface area contributed by atoms with Gasteiger partial charge in [-0.25, -0.2) is 0 Å². The van der Waals surface area contributed by atoms with Crippen molar-refractivity contribution >= 4 is 0 Å². The number of ether oxygens (including phenoxy) is 3. The minimum atomic E-state index is -0.00697. The van der Waals surface area contributed by atoms with Crippen molar-refractivity contribution in [2.45, 2.75) is 13.0 Å². The van der Waals surface area contributed by atoms with E-state index in [0.29, 0.717) is 26.4 Å². The van der Waals surface area contributed by atoms with Crippen molar-refractivity contribution in [3.8, 4) is 11.5 Å². The van der Waals surface area contributed by atoms with Gasteiger partial charge in [0.1, 0.15) is 24.7 Å². The molecule has 1 atom stereocenters. The summed E-state index contributed by atoms with van der Waals surface area (Å²) in [4.78, 5) is 0. The normalized spacial score (nSPS) is 18.0. The second kappa shape index (κ2) is 5.18. The van der Waals surface area contributed by atoms with Crippen molar-refractivity contribution in [1.29, 1.82) is 0 Å². The summed E-state index contributed by atoms with van der Waals surface area (Å²) in [6.45, 7) is 4.39. The number of benzene rings is 1. The van der Waals surface area contributed by atoms with Crippen molar-refractivity contribution in [1.82, 2.24) is 0 Å². The van der Waals surface area contributed by atoms with Crippen molar-refractivity contribution in [2.24, 2.45) is 5.73 Å². The Morgan fingerprint density at radius 3 is 3.12 bits per heavy atom. The van der Waals surface area contributed by atoms with E-state index in [1.165, 1.54) is 0 Å². The summed E-state index contributed by atoms with van der Waals surface area (Å²) < 4.78 is 16.2. The highest BCUT2D eigenvalue weighted by Crippen LogP contribution is 2.33. The molecule has 0 saturated carbocycles. The van der Waals surface area contributed by atoms with Crippen LogP contribution in [0.1, 0.15) is 18.5 Å². The topological polar surface area (TPSA) is 53.7 Å². The predicted molar refractivity (Wildman–Crippen MR) is 60.9 cm³/mol. The van der Waals surface area contributed by atoms with Crippen LogP contribution in [0.4, 0.5) is 0 Å². The lowest BCUT2D eigenvalue weighted by molar-refractivity contribution is 0.110. The lowest BCUT2D eigenvalue weighted by Gasteiger charge is -2.07. The summed E-state index contributed by atoms with van der Waals surface area (Å²) in [5.74, 6) is 1.63. The van der Waals surface area contributed by atoms with Crippen LogP contribution in [0, 0.1) is 0 Å². The lowest BCUT2D eigenvalue weighted by Crippen LogP contribution is -2.10. The molecule has 1 unspecified atom stereocenters. The third-order valence-corrected chi connectivity index (χ3v) is 2.50. The second-order valence-corrected chi connectivity index (χ2v) is 3.66. The van der Waals surface area contributed by atoms with Crippen LogP contribution in [0.2, 0.25) is 0 Å². The Hall–Kier alpha value is -1.26. The average molecular weight is 223 g/mol. The highest BCUT2D eigenvalue weighted by atomic mass is 16.5. The number of nitrogens with two attached hydrogens (primary N) is 1. The molecular weight excluding hydrogens is 206 g/mol. The molecular formula is C12H17NO3. The molecule has 0 amide bonds. The monoisotopic (exact) mass is 223 g/mol. The summed E-state index contributed by atoms with van der Waals surface area (Å²) in [5.41, 5.74) is 6.90. The maximum Gasteiger partial charge on any atom is 0.127 e. The van der Waals surface area contributed by atoms with E-state index in [9.17, 15) is 0 Å². The third kappa shape index (κ3) is 2.46. The summed E-state index contributed by atoms with van der Waals surface area (Å²) in [7, 11) is 0. The lowest BCUT2D eigenvalue weighted by atomic mass is 10.1. The molecule has 2 N–H and O–H groups in total. The maximum absolute atomic E-state index is 5.85. The van der Waals surface area contributed by atoms with Crippen LogP contribution in [0.3, 0.4) is 0 Å². The summed E-state index contributed by atoms with van der Waals surface area (Å²) >= 11 is 0. The van der Waals surface area contributed by atoms with Crippen LogP contribution in [-0.2, 0) is 4.74 Å². The molecule has 88 valence electrons. The Balaban J connectivity index is 1.92. The van der Waals surface area contributed by atoms with Gasteiger partial charge in [0.2, 0.25) is 0 Å². The summed E-state index contributed by atoms with van der Waals surface area (Å²) in [5, 5.41) is 0. The number of fused-ring (bicyclic) bond motifs is 1. The first-order chi connectivity index (χ1) is 7.81. The van der Waals surface area contributed by atoms with E-state index in [1.54, 1.807) is 0 Å². The molecule has 1 aliphatic heterocycles. The van der Waals surface area contributed by atoms with Crippen molar-refractivity contribution in [3.63, 3.8) is 0 Å². The minimum absolute atomic E-state index is 0.00697. The SMILES string of the molecule is CCOCCOc1ccc2c(c1)OCC2N. The molecule has 0 radical (unpaired) electrons. The molecule has 16 heavy (non-hydrogen) atoms. The molecule has 0 spiro atoms. The molecule has 1 heterocycles. The van der Waals surface area contributed by atoms with Gasteiger partial charge in [-0.15, -0.1) is 0 Å². The van der Waals surface area contributed by atoms with E-state index in [0.717, 1.165) is 17.1 Å². The van der Waals surface area contributed by atoms with E-state index in [-0.39, 0.29) is 6.04 Å². The van der Waals surface area contributed by atoms with Crippen LogP contribution >= 0.6 is 0 Å². The average Bonchev–Trinajstić information content (AvgIpc) is 2.66. The van der Waals surface area contributed by atoms with Gasteiger partial charge in [0.05, 0.1) is 12.6 Å². The van der Waals surface area contributed by atoms with Gasteiger partial charge in [-0.2, -0.15) is 0 Å².